The molecule has 1 rings (SSSR count). The van der Waals surface area contributed by atoms with Crippen LogP contribution in [0.5, 0.6) is 5.75 Å². The van der Waals surface area contributed by atoms with Crippen LogP contribution in [0, 0.1) is 0 Å². The lowest BCUT2D eigenvalue weighted by Gasteiger charge is -2.05. The quantitative estimate of drug-likeness (QED) is 0.736. The van der Waals surface area contributed by atoms with E-state index >= 15 is 0 Å². The van der Waals surface area contributed by atoms with Gasteiger partial charge >= 0.3 is 0 Å². The van der Waals surface area contributed by atoms with Crippen molar-refractivity contribution in [3.63, 3.8) is 0 Å². The molecule has 0 fully saturated rings. The second-order valence-electron chi connectivity index (χ2n) is 2.64. The Morgan fingerprint density at radius 2 is 1.79 bits per heavy atom. The van der Waals surface area contributed by atoms with Gasteiger partial charge in [0.15, 0.2) is 0 Å². The highest BCUT2D eigenvalue weighted by molar-refractivity contribution is 6.30. The molecule has 0 saturated carbocycles. The maximum absolute atomic E-state index is 8.43. The predicted molar refractivity (Wildman–Crippen MR) is 54.9 cm³/mol. The van der Waals surface area contributed by atoms with Crippen LogP contribution in [0.2, 0.25) is 5.02 Å². The van der Waals surface area contributed by atoms with Gasteiger partial charge in [-0.25, -0.2) is 0 Å². The van der Waals surface area contributed by atoms with E-state index in [1.54, 1.807) is 24.3 Å². The van der Waals surface area contributed by atoms with Crippen LogP contribution in [-0.2, 0) is 4.74 Å². The summed E-state index contributed by atoms with van der Waals surface area (Å²) >= 11 is 5.71. The number of rotatable bonds is 6. The third-order valence-corrected chi connectivity index (χ3v) is 1.80. The molecule has 14 heavy (non-hydrogen) atoms. The highest BCUT2D eigenvalue weighted by Crippen LogP contribution is 2.15. The van der Waals surface area contributed by atoms with Gasteiger partial charge < -0.3 is 14.6 Å². The van der Waals surface area contributed by atoms with Crippen molar-refractivity contribution in [2.45, 2.75) is 0 Å². The Kier molecular flexibility index (Phi) is 5.37. The van der Waals surface area contributed by atoms with Crippen molar-refractivity contribution >= 4 is 11.6 Å². The molecule has 0 heterocycles. The second-order valence-corrected chi connectivity index (χ2v) is 3.07. The average molecular weight is 217 g/mol. The summed E-state index contributed by atoms with van der Waals surface area (Å²) in [6.07, 6.45) is 0. The Balaban J connectivity index is 2.15. The number of aliphatic hydroxyl groups excluding tert-OH is 1. The van der Waals surface area contributed by atoms with E-state index in [1.807, 2.05) is 0 Å². The Morgan fingerprint density at radius 1 is 1.07 bits per heavy atom. The Morgan fingerprint density at radius 3 is 2.43 bits per heavy atom. The number of halogens is 1. The summed E-state index contributed by atoms with van der Waals surface area (Å²) in [5.41, 5.74) is 0. The maximum Gasteiger partial charge on any atom is 0.119 e. The van der Waals surface area contributed by atoms with E-state index in [0.29, 0.717) is 24.8 Å². The molecule has 78 valence electrons. The third-order valence-electron chi connectivity index (χ3n) is 1.55. The number of benzene rings is 1. The van der Waals surface area contributed by atoms with Crippen molar-refractivity contribution in [1.82, 2.24) is 0 Å². The van der Waals surface area contributed by atoms with E-state index < -0.39 is 0 Å². The first-order valence-electron chi connectivity index (χ1n) is 4.40. The van der Waals surface area contributed by atoms with Gasteiger partial charge in [0.05, 0.1) is 19.8 Å². The zero-order valence-electron chi connectivity index (χ0n) is 7.78. The van der Waals surface area contributed by atoms with Crippen molar-refractivity contribution in [3.8, 4) is 5.75 Å². The fourth-order valence-electron chi connectivity index (χ4n) is 0.916. The topological polar surface area (TPSA) is 38.7 Å². The molecule has 0 bridgehead atoms. The van der Waals surface area contributed by atoms with Crippen molar-refractivity contribution in [3.05, 3.63) is 29.3 Å². The fourth-order valence-corrected chi connectivity index (χ4v) is 1.04. The van der Waals surface area contributed by atoms with Gasteiger partial charge in [-0.15, -0.1) is 0 Å². The van der Waals surface area contributed by atoms with E-state index in [2.05, 4.69) is 0 Å². The normalized spacial score (nSPS) is 10.1. The summed E-state index contributed by atoms with van der Waals surface area (Å²) in [5, 5.41) is 9.12. The monoisotopic (exact) mass is 216 g/mol. The first-order chi connectivity index (χ1) is 6.83. The van der Waals surface area contributed by atoms with E-state index in [-0.39, 0.29) is 6.61 Å². The van der Waals surface area contributed by atoms with Crippen LogP contribution < -0.4 is 4.74 Å². The van der Waals surface area contributed by atoms with Gasteiger partial charge in [-0.2, -0.15) is 0 Å². The second kappa shape index (κ2) is 6.65. The SMILES string of the molecule is OCCOCCOc1ccc(Cl)cc1. The molecule has 0 aromatic heterocycles. The van der Waals surface area contributed by atoms with Crippen molar-refractivity contribution in [1.29, 1.82) is 0 Å². The average Bonchev–Trinajstić information content (AvgIpc) is 2.21. The van der Waals surface area contributed by atoms with Crippen molar-refractivity contribution < 1.29 is 14.6 Å². The Labute approximate surface area is 88.2 Å². The lowest BCUT2D eigenvalue weighted by atomic mass is 10.3. The molecule has 3 nitrogen and oxygen atoms in total. The molecule has 1 N–H and O–H groups in total. The van der Waals surface area contributed by atoms with Crippen LogP contribution in [-0.4, -0.2) is 31.5 Å². The van der Waals surface area contributed by atoms with E-state index in [9.17, 15) is 0 Å². The summed E-state index contributed by atoms with van der Waals surface area (Å²) in [7, 11) is 0. The first kappa shape index (κ1) is 11.3. The van der Waals surface area contributed by atoms with Gasteiger partial charge in [0.25, 0.3) is 0 Å². The number of aliphatic hydroxyl groups is 1. The van der Waals surface area contributed by atoms with Crippen molar-refractivity contribution in [2.24, 2.45) is 0 Å². The summed E-state index contributed by atoms with van der Waals surface area (Å²) in [5.74, 6) is 0.766. The van der Waals surface area contributed by atoms with Gasteiger partial charge in [0, 0.05) is 5.02 Å². The summed E-state index contributed by atoms with van der Waals surface area (Å²) in [6.45, 7) is 1.34. The largest absolute Gasteiger partial charge is 0.491 e. The standard InChI is InChI=1S/C10H13ClO3/c11-9-1-3-10(4-2-9)14-8-7-13-6-5-12/h1-4,12H,5-8H2. The number of ether oxygens (including phenoxy) is 2. The van der Waals surface area contributed by atoms with Gasteiger partial charge in [0.1, 0.15) is 12.4 Å². The summed E-state index contributed by atoms with van der Waals surface area (Å²) < 4.78 is 10.4. The highest BCUT2D eigenvalue weighted by atomic mass is 35.5. The smallest absolute Gasteiger partial charge is 0.119 e. The van der Waals surface area contributed by atoms with E-state index in [4.69, 9.17) is 26.2 Å². The zero-order valence-corrected chi connectivity index (χ0v) is 8.54. The highest BCUT2D eigenvalue weighted by Gasteiger charge is 1.93. The molecule has 0 aliphatic rings. The molecule has 0 amide bonds. The van der Waals surface area contributed by atoms with Gasteiger partial charge in [-0.3, -0.25) is 0 Å². The molecule has 0 aliphatic heterocycles. The van der Waals surface area contributed by atoms with Gasteiger partial charge in [-0.1, -0.05) is 11.6 Å². The molecule has 0 aliphatic carbocycles. The Bertz CT molecular complexity index is 248. The fraction of sp³-hybridized carbons (Fsp3) is 0.400. The number of hydrogen-bond donors (Lipinski definition) is 1. The van der Waals surface area contributed by atoms with E-state index in [1.165, 1.54) is 0 Å². The molecule has 1 aromatic rings. The lowest BCUT2D eigenvalue weighted by Crippen LogP contribution is -2.08. The van der Waals surface area contributed by atoms with Crippen LogP contribution in [0.25, 0.3) is 0 Å². The minimum Gasteiger partial charge on any atom is -0.491 e. The minimum absolute atomic E-state index is 0.0426. The van der Waals surface area contributed by atoms with Gasteiger partial charge in [0.2, 0.25) is 0 Å². The first-order valence-corrected chi connectivity index (χ1v) is 4.77. The van der Waals surface area contributed by atoms with Crippen LogP contribution in [0.3, 0.4) is 0 Å². The zero-order chi connectivity index (χ0) is 10.2. The van der Waals surface area contributed by atoms with Crippen LogP contribution in [0.1, 0.15) is 0 Å². The van der Waals surface area contributed by atoms with Crippen molar-refractivity contribution in [2.75, 3.05) is 26.4 Å². The molecule has 0 atom stereocenters. The molecular formula is C10H13ClO3. The predicted octanol–water partition coefficient (Wildman–Crippen LogP) is 1.73. The summed E-state index contributed by atoms with van der Waals surface area (Å²) in [6, 6.07) is 7.14. The molecule has 4 heteroatoms. The molecule has 0 spiro atoms. The molecule has 0 saturated heterocycles. The molecule has 0 unspecified atom stereocenters. The van der Waals surface area contributed by atoms with Gasteiger partial charge in [-0.05, 0) is 24.3 Å². The molecular weight excluding hydrogens is 204 g/mol. The maximum atomic E-state index is 8.43. The molecule has 1 aromatic carbocycles. The third kappa shape index (κ3) is 4.46. The molecule has 0 radical (unpaired) electrons. The van der Waals surface area contributed by atoms with E-state index in [0.717, 1.165) is 5.75 Å². The van der Waals surface area contributed by atoms with Crippen LogP contribution in [0.15, 0.2) is 24.3 Å². The lowest BCUT2D eigenvalue weighted by molar-refractivity contribution is 0.0705. The van der Waals surface area contributed by atoms with Crippen LogP contribution >= 0.6 is 11.6 Å². The minimum atomic E-state index is 0.0426. The summed E-state index contributed by atoms with van der Waals surface area (Å²) in [4.78, 5) is 0. The Hall–Kier alpha value is -0.770. The van der Waals surface area contributed by atoms with Crippen LogP contribution in [0.4, 0.5) is 0 Å². The number of hydrogen-bond acceptors (Lipinski definition) is 3.